The Bertz CT molecular complexity index is 1550. The number of nitrogens with zero attached hydrogens (tertiary/aromatic N) is 2. The summed E-state index contributed by atoms with van der Waals surface area (Å²) in [7, 11) is 0. The van der Waals surface area contributed by atoms with Crippen molar-refractivity contribution in [3.8, 4) is 29.3 Å². The van der Waals surface area contributed by atoms with Gasteiger partial charge in [0.2, 0.25) is 0 Å². The predicted molar refractivity (Wildman–Crippen MR) is 192 cm³/mol. The maximum Gasteiger partial charge on any atom is 0.271 e. The molecule has 4 amide bonds. The predicted octanol–water partition coefficient (Wildman–Crippen LogP) is 10.8. The van der Waals surface area contributed by atoms with Gasteiger partial charge in [-0.05, 0) is 49.2 Å². The third kappa shape index (κ3) is 6.72. The zero-order chi connectivity index (χ0) is 32.2. The minimum absolute atomic E-state index is 0.158. The molecule has 0 radical (unpaired) electrons. The van der Waals surface area contributed by atoms with Crippen LogP contribution in [-0.2, 0) is 0 Å². The first kappa shape index (κ1) is 33.0. The molecule has 2 aliphatic rings. The minimum Gasteiger partial charge on any atom is -0.274 e. The van der Waals surface area contributed by atoms with Gasteiger partial charge in [0.15, 0.2) is 0 Å². The summed E-state index contributed by atoms with van der Waals surface area (Å²) in [5.74, 6) is -0.646. The van der Waals surface area contributed by atoms with Crippen molar-refractivity contribution in [2.75, 3.05) is 13.1 Å². The van der Waals surface area contributed by atoms with Gasteiger partial charge in [0, 0.05) is 42.4 Å². The van der Waals surface area contributed by atoms with E-state index >= 15 is 0 Å². The van der Waals surface area contributed by atoms with Gasteiger partial charge in [-0.15, -0.1) is 45.3 Å². The van der Waals surface area contributed by atoms with E-state index in [-0.39, 0.29) is 23.6 Å². The largest absolute Gasteiger partial charge is 0.274 e. The average molecular weight is 693 g/mol. The molecule has 0 fully saturated rings. The Morgan fingerprint density at radius 3 is 1.15 bits per heavy atom. The van der Waals surface area contributed by atoms with Gasteiger partial charge in [0.05, 0.1) is 11.1 Å². The number of carbonyl (C=O) groups excluding carboxylic acids is 4. The number of carbonyl (C=O) groups is 4. The molecule has 0 N–H and O–H groups in total. The Labute approximate surface area is 287 Å². The first-order chi connectivity index (χ1) is 22.4. The molecule has 10 heteroatoms. The van der Waals surface area contributed by atoms with Crippen molar-refractivity contribution < 1.29 is 19.2 Å². The summed E-state index contributed by atoms with van der Waals surface area (Å²) in [4.78, 5) is 62.3. The zero-order valence-corrected chi connectivity index (χ0v) is 29.8. The standard InChI is InChI=1S/C36H40N2O4S4/c1-3-5-7-9-11-13-19-37-33(39)23-21-29(45-31(23)35(37)41)27-17-15-25(43-27)26-16-18-28(44-26)30-22-24-32(46-30)36(42)38(34(24)40)20-14-12-10-8-6-4-2/h15-18,21-22H,3-14,19-20H2,1-2H3. The number of fused-ring (bicyclic) bond motifs is 2. The highest BCUT2D eigenvalue weighted by molar-refractivity contribution is 7.29. The molecule has 0 spiro atoms. The van der Waals surface area contributed by atoms with Crippen LogP contribution >= 0.6 is 45.3 Å². The summed E-state index contributed by atoms with van der Waals surface area (Å²) in [6.45, 7) is 5.38. The van der Waals surface area contributed by atoms with E-state index in [0.717, 1.165) is 67.8 Å². The molecule has 46 heavy (non-hydrogen) atoms. The number of hydrogen-bond donors (Lipinski definition) is 0. The van der Waals surface area contributed by atoms with Crippen molar-refractivity contribution in [3.05, 3.63) is 57.3 Å². The van der Waals surface area contributed by atoms with Crippen LogP contribution < -0.4 is 0 Å². The molecule has 6 nitrogen and oxygen atoms in total. The molecule has 6 heterocycles. The van der Waals surface area contributed by atoms with Crippen LogP contribution in [0.2, 0.25) is 0 Å². The lowest BCUT2D eigenvalue weighted by atomic mass is 10.1. The SMILES string of the molecule is CCCCCCCCN1C(=O)c2cc(-c3ccc(-c4ccc(-c5cc6c(s5)C(=O)N(CCCCCCCC)C6=O)s4)s3)sc2C1=O. The number of rotatable bonds is 17. The summed E-state index contributed by atoms with van der Waals surface area (Å²) >= 11 is 6.10. The van der Waals surface area contributed by atoms with Gasteiger partial charge in [-0.25, -0.2) is 0 Å². The van der Waals surface area contributed by atoms with Crippen LogP contribution in [0.3, 0.4) is 0 Å². The van der Waals surface area contributed by atoms with Gasteiger partial charge >= 0.3 is 0 Å². The summed E-state index contributed by atoms with van der Waals surface area (Å²) in [5, 5.41) is 0. The molecule has 0 bridgehead atoms. The lowest BCUT2D eigenvalue weighted by molar-refractivity contribution is 0.0637. The molecule has 0 unspecified atom stereocenters. The summed E-state index contributed by atoms with van der Waals surface area (Å²) in [6, 6.07) is 12.0. The lowest BCUT2D eigenvalue weighted by Gasteiger charge is -2.13. The van der Waals surface area contributed by atoms with Crippen LogP contribution in [0, 0.1) is 0 Å². The highest BCUT2D eigenvalue weighted by atomic mass is 32.1. The van der Waals surface area contributed by atoms with Crippen molar-refractivity contribution in [2.24, 2.45) is 0 Å². The van der Waals surface area contributed by atoms with Crippen molar-refractivity contribution >= 4 is 69.0 Å². The van der Waals surface area contributed by atoms with Gasteiger partial charge < -0.3 is 0 Å². The fraction of sp³-hybridized carbons (Fsp3) is 0.444. The third-order valence-corrected chi connectivity index (χ3v) is 13.7. The number of thiophene rings is 4. The number of hydrogen-bond acceptors (Lipinski definition) is 8. The van der Waals surface area contributed by atoms with E-state index < -0.39 is 0 Å². The van der Waals surface area contributed by atoms with E-state index in [9.17, 15) is 19.2 Å². The number of amides is 4. The average Bonchev–Trinajstić information content (AvgIpc) is 3.89. The molecule has 0 atom stereocenters. The van der Waals surface area contributed by atoms with Crippen LogP contribution in [-0.4, -0.2) is 46.5 Å². The van der Waals surface area contributed by atoms with E-state index in [1.807, 2.05) is 12.1 Å². The second-order valence-corrected chi connectivity index (χ2v) is 16.4. The molecule has 242 valence electrons. The highest BCUT2D eigenvalue weighted by Crippen LogP contribution is 2.46. The normalized spacial score (nSPS) is 14.3. The van der Waals surface area contributed by atoms with Crippen LogP contribution in [0.5, 0.6) is 0 Å². The lowest BCUT2D eigenvalue weighted by Crippen LogP contribution is -2.30. The first-order valence-corrected chi connectivity index (χ1v) is 19.9. The van der Waals surface area contributed by atoms with Crippen molar-refractivity contribution in [3.63, 3.8) is 0 Å². The van der Waals surface area contributed by atoms with E-state index in [1.54, 1.807) is 22.7 Å². The maximum absolute atomic E-state index is 13.1. The van der Waals surface area contributed by atoms with E-state index in [1.165, 1.54) is 71.0 Å². The summed E-state index contributed by atoms with van der Waals surface area (Å²) in [6.07, 6.45) is 13.4. The Morgan fingerprint density at radius 2 is 0.783 bits per heavy atom. The van der Waals surface area contributed by atoms with Crippen LogP contribution in [0.1, 0.15) is 131 Å². The van der Waals surface area contributed by atoms with Crippen LogP contribution in [0.4, 0.5) is 0 Å². The maximum atomic E-state index is 13.1. The highest BCUT2D eigenvalue weighted by Gasteiger charge is 2.39. The fourth-order valence-corrected chi connectivity index (χ4v) is 10.6. The second kappa shape index (κ2) is 14.9. The molecule has 4 aromatic heterocycles. The van der Waals surface area contributed by atoms with Crippen molar-refractivity contribution in [2.45, 2.75) is 90.9 Å². The Kier molecular flexibility index (Phi) is 10.7. The van der Waals surface area contributed by atoms with Gasteiger partial charge in [-0.2, -0.15) is 0 Å². The Morgan fingerprint density at radius 1 is 0.435 bits per heavy atom. The zero-order valence-electron chi connectivity index (χ0n) is 26.5. The summed E-state index contributed by atoms with van der Waals surface area (Å²) < 4.78 is 0. The molecule has 6 rings (SSSR count). The van der Waals surface area contributed by atoms with Crippen LogP contribution in [0.25, 0.3) is 29.3 Å². The molecule has 0 aromatic carbocycles. The van der Waals surface area contributed by atoms with E-state index in [2.05, 4.69) is 38.1 Å². The smallest absolute Gasteiger partial charge is 0.271 e. The number of imide groups is 2. The first-order valence-electron chi connectivity index (χ1n) is 16.6. The number of unbranched alkanes of at least 4 members (excludes halogenated alkanes) is 10. The topological polar surface area (TPSA) is 74.8 Å². The monoisotopic (exact) mass is 692 g/mol. The molecule has 0 saturated heterocycles. The van der Waals surface area contributed by atoms with E-state index in [4.69, 9.17) is 0 Å². The minimum atomic E-state index is -0.166. The van der Waals surface area contributed by atoms with Gasteiger partial charge in [-0.3, -0.25) is 29.0 Å². The molecule has 0 aliphatic carbocycles. The molecular weight excluding hydrogens is 653 g/mol. The third-order valence-electron chi connectivity index (χ3n) is 8.71. The Hall–Kier alpha value is -2.92. The summed E-state index contributed by atoms with van der Waals surface area (Å²) in [5.41, 5.74) is 1.06. The molecule has 4 aromatic rings. The molecule has 0 saturated carbocycles. The Balaban J connectivity index is 1.07. The van der Waals surface area contributed by atoms with Gasteiger partial charge in [0.25, 0.3) is 23.6 Å². The molecule has 2 aliphatic heterocycles. The van der Waals surface area contributed by atoms with Crippen molar-refractivity contribution in [1.82, 2.24) is 9.80 Å². The fourth-order valence-electron chi connectivity index (χ4n) is 6.09. The van der Waals surface area contributed by atoms with Crippen molar-refractivity contribution in [1.29, 1.82) is 0 Å². The van der Waals surface area contributed by atoms with Crippen LogP contribution in [0.15, 0.2) is 36.4 Å². The van der Waals surface area contributed by atoms with Gasteiger partial charge in [-0.1, -0.05) is 78.1 Å². The van der Waals surface area contributed by atoms with Gasteiger partial charge in [0.1, 0.15) is 9.75 Å². The molecular formula is C36H40N2O4S4. The quantitative estimate of drug-likeness (QED) is 0.0815. The second-order valence-electron chi connectivity index (χ2n) is 12.1. The van der Waals surface area contributed by atoms with E-state index in [0.29, 0.717) is 34.0 Å².